The summed E-state index contributed by atoms with van der Waals surface area (Å²) in [7, 11) is 0. The number of hydrogen-bond donors (Lipinski definition) is 2. The number of carbonyl (C=O) groups excluding carboxylic acids is 1. The maximum absolute atomic E-state index is 12.2. The van der Waals surface area contributed by atoms with Crippen LogP contribution in [0.2, 0.25) is 5.02 Å². The van der Waals surface area contributed by atoms with Crippen LogP contribution in [-0.2, 0) is 11.3 Å². The van der Waals surface area contributed by atoms with Gasteiger partial charge in [-0.1, -0.05) is 18.0 Å². The Kier molecular flexibility index (Phi) is 4.09. The Balaban J connectivity index is 2.23. The summed E-state index contributed by atoms with van der Waals surface area (Å²) in [6, 6.07) is -0.662. The lowest BCUT2D eigenvalue weighted by Gasteiger charge is -2.25. The summed E-state index contributed by atoms with van der Waals surface area (Å²) in [5.74, 6) is -0.0365. The highest BCUT2D eigenvalue weighted by Crippen LogP contribution is 2.27. The van der Waals surface area contributed by atoms with Crippen LogP contribution in [0, 0.1) is 5.92 Å². The molecule has 0 aromatic carbocycles. The van der Waals surface area contributed by atoms with Crippen molar-refractivity contribution >= 4 is 23.2 Å². The molecule has 1 atom stereocenters. The highest BCUT2D eigenvalue weighted by Gasteiger charge is 2.21. The first-order valence-corrected chi connectivity index (χ1v) is 6.68. The molecular weight excluding hydrogens is 268 g/mol. The maximum atomic E-state index is 12.2. The number of nitrogens with two attached hydrogens (primary N) is 1. The molecule has 19 heavy (non-hydrogen) atoms. The first-order valence-electron chi connectivity index (χ1n) is 6.30. The topological polar surface area (TPSA) is 90.0 Å². The maximum Gasteiger partial charge on any atom is 0.291 e. The molecule has 0 radical (unpaired) electrons. The average Bonchev–Trinajstić information content (AvgIpc) is 2.30. The van der Waals surface area contributed by atoms with Crippen LogP contribution in [0.3, 0.4) is 0 Å². The van der Waals surface area contributed by atoms with Crippen LogP contribution in [0.25, 0.3) is 0 Å². The summed E-state index contributed by atoms with van der Waals surface area (Å²) >= 11 is 5.94. The van der Waals surface area contributed by atoms with Crippen molar-refractivity contribution in [3.05, 3.63) is 21.6 Å². The predicted octanol–water partition coefficient (Wildman–Crippen LogP) is 0.982. The molecule has 1 amide bonds. The zero-order chi connectivity index (χ0) is 14.0. The molecule has 1 aromatic heterocycles. The third kappa shape index (κ3) is 3.07. The van der Waals surface area contributed by atoms with E-state index in [1.54, 1.807) is 6.92 Å². The van der Waals surface area contributed by atoms with Crippen molar-refractivity contribution in [1.82, 2.24) is 9.78 Å². The summed E-state index contributed by atoms with van der Waals surface area (Å²) in [5.41, 5.74) is 5.03. The minimum absolute atomic E-state index is 0.183. The van der Waals surface area contributed by atoms with Gasteiger partial charge in [-0.25, -0.2) is 4.68 Å². The number of carbonyl (C=O) groups is 1. The molecule has 1 aliphatic rings. The van der Waals surface area contributed by atoms with Gasteiger partial charge in [0.25, 0.3) is 5.56 Å². The summed E-state index contributed by atoms with van der Waals surface area (Å²) in [5, 5.41) is 6.97. The van der Waals surface area contributed by atoms with E-state index in [0.29, 0.717) is 12.5 Å². The first-order chi connectivity index (χ1) is 8.99. The van der Waals surface area contributed by atoms with E-state index in [2.05, 4.69) is 10.4 Å². The first kappa shape index (κ1) is 13.9. The van der Waals surface area contributed by atoms with Crippen LogP contribution in [0.15, 0.2) is 11.0 Å². The molecule has 2 rings (SSSR count). The van der Waals surface area contributed by atoms with Crippen molar-refractivity contribution in [2.45, 2.75) is 38.8 Å². The molecule has 1 unspecified atom stereocenters. The van der Waals surface area contributed by atoms with Crippen molar-refractivity contribution in [3.8, 4) is 0 Å². The number of aromatic nitrogens is 2. The van der Waals surface area contributed by atoms with Crippen molar-refractivity contribution < 1.29 is 4.79 Å². The van der Waals surface area contributed by atoms with Gasteiger partial charge in [0.15, 0.2) is 0 Å². The van der Waals surface area contributed by atoms with E-state index in [4.69, 9.17) is 17.3 Å². The quantitative estimate of drug-likeness (QED) is 0.843. The van der Waals surface area contributed by atoms with Gasteiger partial charge in [-0.2, -0.15) is 5.10 Å². The molecular formula is C12H17ClN4O2. The number of hydrogen-bond acceptors (Lipinski definition) is 4. The van der Waals surface area contributed by atoms with Gasteiger partial charge in [-0.3, -0.25) is 9.59 Å². The van der Waals surface area contributed by atoms with Crippen molar-refractivity contribution in [3.63, 3.8) is 0 Å². The van der Waals surface area contributed by atoms with Crippen LogP contribution in [0.5, 0.6) is 0 Å². The highest BCUT2D eigenvalue weighted by molar-refractivity contribution is 6.33. The fraction of sp³-hybridized carbons (Fsp3) is 0.583. The normalized spacial score (nSPS) is 16.7. The third-order valence-corrected chi connectivity index (χ3v) is 3.73. The Labute approximate surface area is 115 Å². The van der Waals surface area contributed by atoms with Gasteiger partial charge >= 0.3 is 0 Å². The summed E-state index contributed by atoms with van der Waals surface area (Å²) in [6.45, 7) is 2.17. The number of rotatable bonds is 5. The van der Waals surface area contributed by atoms with Crippen LogP contribution >= 0.6 is 11.6 Å². The van der Waals surface area contributed by atoms with Crippen molar-refractivity contribution in [2.75, 3.05) is 5.32 Å². The molecule has 1 heterocycles. The van der Waals surface area contributed by atoms with Crippen LogP contribution in [0.4, 0.5) is 5.69 Å². The lowest BCUT2D eigenvalue weighted by atomic mass is 9.85. The average molecular weight is 285 g/mol. The van der Waals surface area contributed by atoms with E-state index >= 15 is 0 Å². The number of nitrogens with zero attached hydrogens (tertiary/aromatic N) is 2. The van der Waals surface area contributed by atoms with Gasteiger partial charge in [-0.05, 0) is 25.7 Å². The molecule has 6 nitrogen and oxygen atoms in total. The number of anilines is 1. The van der Waals surface area contributed by atoms with Crippen LogP contribution < -0.4 is 16.6 Å². The SMILES string of the molecule is CC(Nc1c(Cl)cnn(CC2CCC2)c1=O)C(N)=O. The fourth-order valence-electron chi connectivity index (χ4n) is 1.94. The van der Waals surface area contributed by atoms with Gasteiger partial charge in [0, 0.05) is 6.54 Å². The molecule has 1 aliphatic carbocycles. The molecule has 0 bridgehead atoms. The summed E-state index contributed by atoms with van der Waals surface area (Å²) < 4.78 is 1.39. The Morgan fingerprint density at radius 3 is 2.89 bits per heavy atom. The number of amides is 1. The minimum atomic E-state index is -0.662. The summed E-state index contributed by atoms with van der Waals surface area (Å²) in [4.78, 5) is 23.3. The second kappa shape index (κ2) is 5.61. The second-order valence-electron chi connectivity index (χ2n) is 4.92. The van der Waals surface area contributed by atoms with E-state index in [-0.39, 0.29) is 16.3 Å². The van der Waals surface area contributed by atoms with Gasteiger partial charge in [0.1, 0.15) is 11.7 Å². The number of halogens is 1. The number of nitrogens with one attached hydrogen (secondary N) is 1. The van der Waals surface area contributed by atoms with E-state index in [1.165, 1.54) is 17.3 Å². The monoisotopic (exact) mass is 284 g/mol. The Bertz CT molecular complexity index is 539. The molecule has 1 aromatic rings. The van der Waals surface area contributed by atoms with Crippen molar-refractivity contribution in [2.24, 2.45) is 11.7 Å². The number of primary amides is 1. The third-order valence-electron chi connectivity index (χ3n) is 3.44. The molecule has 1 saturated carbocycles. The minimum Gasteiger partial charge on any atom is -0.368 e. The van der Waals surface area contributed by atoms with E-state index < -0.39 is 11.9 Å². The van der Waals surface area contributed by atoms with Crippen LogP contribution in [-0.4, -0.2) is 21.7 Å². The predicted molar refractivity (Wildman–Crippen MR) is 73.1 cm³/mol. The summed E-state index contributed by atoms with van der Waals surface area (Å²) in [6.07, 6.45) is 4.86. The Hall–Kier alpha value is -1.56. The molecule has 0 spiro atoms. The molecule has 0 saturated heterocycles. The van der Waals surface area contributed by atoms with Gasteiger partial charge in [0.2, 0.25) is 5.91 Å². The lowest BCUT2D eigenvalue weighted by Crippen LogP contribution is -2.37. The molecule has 3 N–H and O–H groups in total. The van der Waals surface area contributed by atoms with Gasteiger partial charge in [-0.15, -0.1) is 0 Å². The molecule has 0 aliphatic heterocycles. The molecule has 7 heteroatoms. The Morgan fingerprint density at radius 2 is 2.37 bits per heavy atom. The van der Waals surface area contributed by atoms with E-state index in [0.717, 1.165) is 12.8 Å². The van der Waals surface area contributed by atoms with Gasteiger partial charge < -0.3 is 11.1 Å². The van der Waals surface area contributed by atoms with Crippen LogP contribution in [0.1, 0.15) is 26.2 Å². The highest BCUT2D eigenvalue weighted by atomic mass is 35.5. The largest absolute Gasteiger partial charge is 0.368 e. The Morgan fingerprint density at radius 1 is 1.68 bits per heavy atom. The lowest BCUT2D eigenvalue weighted by molar-refractivity contribution is -0.118. The fourth-order valence-corrected chi connectivity index (χ4v) is 2.12. The van der Waals surface area contributed by atoms with Gasteiger partial charge in [0.05, 0.1) is 11.2 Å². The standard InChI is InChI=1S/C12H17ClN4O2/c1-7(11(14)18)16-10-9(13)5-15-17(12(10)19)6-8-3-2-4-8/h5,7-8,16H,2-4,6H2,1H3,(H2,14,18). The smallest absolute Gasteiger partial charge is 0.291 e. The van der Waals surface area contributed by atoms with Crippen molar-refractivity contribution in [1.29, 1.82) is 0 Å². The van der Waals surface area contributed by atoms with E-state index in [1.807, 2.05) is 0 Å². The zero-order valence-electron chi connectivity index (χ0n) is 10.7. The zero-order valence-corrected chi connectivity index (χ0v) is 11.5. The molecule has 104 valence electrons. The molecule has 1 fully saturated rings. The second-order valence-corrected chi connectivity index (χ2v) is 5.33. The van der Waals surface area contributed by atoms with E-state index in [9.17, 15) is 9.59 Å².